The third-order valence-corrected chi connectivity index (χ3v) is 4.10. The van der Waals surface area contributed by atoms with Crippen LogP contribution in [0.4, 0.5) is 0 Å². The molecule has 0 bridgehead atoms. The summed E-state index contributed by atoms with van der Waals surface area (Å²) < 4.78 is 10.3. The number of ether oxygens (including phenoxy) is 2. The molecule has 1 aliphatic rings. The lowest BCUT2D eigenvalue weighted by molar-refractivity contribution is -0.302. The van der Waals surface area contributed by atoms with Gasteiger partial charge in [0.2, 0.25) is 0 Å². The topological polar surface area (TPSA) is 180 Å². The summed E-state index contributed by atoms with van der Waals surface area (Å²) in [6, 6.07) is 0. The molecule has 0 amide bonds. The number of hydrogen-bond donors (Lipinski definition) is 8. The van der Waals surface area contributed by atoms with Gasteiger partial charge in [-0.2, -0.15) is 0 Å². The van der Waals surface area contributed by atoms with Crippen molar-refractivity contribution in [2.24, 2.45) is 0 Å². The maximum Gasteiger partial charge on any atom is 0.186 e. The average Bonchev–Trinajstić information content (AvgIpc) is 2.59. The predicted octanol–water partition coefficient (Wildman–Crippen LogP) is -3.95. The monoisotopic (exact) mass is 356 g/mol. The van der Waals surface area contributed by atoms with Crippen molar-refractivity contribution in [2.75, 3.05) is 13.2 Å². The second-order valence-corrected chi connectivity index (χ2v) is 5.88. The summed E-state index contributed by atoms with van der Waals surface area (Å²) in [6.07, 6.45) is -12.7. The molecule has 1 fully saturated rings. The first kappa shape index (κ1) is 21.6. The lowest BCUT2D eigenvalue weighted by Crippen LogP contribution is -2.59. The molecule has 9 atom stereocenters. The highest BCUT2D eigenvalue weighted by Crippen LogP contribution is 2.22. The Morgan fingerprint density at radius 1 is 0.917 bits per heavy atom. The van der Waals surface area contributed by atoms with Gasteiger partial charge in [0.05, 0.1) is 25.4 Å². The molecule has 8 N–H and O–H groups in total. The van der Waals surface area contributed by atoms with Gasteiger partial charge in [0.25, 0.3) is 0 Å². The number of aliphatic hydroxyl groups excluding tert-OH is 8. The van der Waals surface area contributed by atoms with Crippen molar-refractivity contribution in [1.82, 2.24) is 0 Å². The lowest BCUT2D eigenvalue weighted by Gasteiger charge is -2.39. The van der Waals surface area contributed by atoms with Gasteiger partial charge in [-0.05, 0) is 12.8 Å². The highest BCUT2D eigenvalue weighted by Gasteiger charge is 2.44. The number of hydrogen-bond acceptors (Lipinski definition) is 10. The van der Waals surface area contributed by atoms with E-state index < -0.39 is 61.7 Å². The van der Waals surface area contributed by atoms with Crippen LogP contribution in [-0.4, -0.2) is 109 Å². The van der Waals surface area contributed by atoms with Crippen LogP contribution in [0.3, 0.4) is 0 Å². The molecule has 9 unspecified atom stereocenters. The van der Waals surface area contributed by atoms with Gasteiger partial charge in [-0.25, -0.2) is 0 Å². The third kappa shape index (κ3) is 5.30. The minimum Gasteiger partial charge on any atom is -0.394 e. The summed E-state index contributed by atoms with van der Waals surface area (Å²) in [5.41, 5.74) is 0. The SMILES string of the molecule is CCC(O)C(O)C(O)C(O)CCOC1OC(CO)C(O)C(O)C1O. The van der Waals surface area contributed by atoms with Crippen molar-refractivity contribution >= 4 is 0 Å². The van der Waals surface area contributed by atoms with Gasteiger partial charge < -0.3 is 50.3 Å². The molecule has 10 nitrogen and oxygen atoms in total. The van der Waals surface area contributed by atoms with Gasteiger partial charge in [0.15, 0.2) is 6.29 Å². The molecular weight excluding hydrogens is 328 g/mol. The first-order valence-electron chi connectivity index (χ1n) is 7.88. The third-order valence-electron chi connectivity index (χ3n) is 4.10. The summed E-state index contributed by atoms with van der Waals surface area (Å²) in [6.45, 7) is 0.804. The molecule has 1 rings (SSSR count). The predicted molar refractivity (Wildman–Crippen MR) is 78.7 cm³/mol. The van der Waals surface area contributed by atoms with Gasteiger partial charge >= 0.3 is 0 Å². The van der Waals surface area contributed by atoms with E-state index in [9.17, 15) is 35.7 Å². The van der Waals surface area contributed by atoms with Gasteiger partial charge in [-0.3, -0.25) is 0 Å². The quantitative estimate of drug-likeness (QED) is 0.203. The molecule has 24 heavy (non-hydrogen) atoms. The van der Waals surface area contributed by atoms with Crippen LogP contribution in [0, 0.1) is 0 Å². The lowest BCUT2D eigenvalue weighted by atomic mass is 9.99. The van der Waals surface area contributed by atoms with E-state index in [-0.39, 0.29) is 19.4 Å². The van der Waals surface area contributed by atoms with Crippen molar-refractivity contribution in [3.8, 4) is 0 Å². The van der Waals surface area contributed by atoms with E-state index in [4.69, 9.17) is 14.6 Å². The molecule has 0 aromatic heterocycles. The van der Waals surface area contributed by atoms with Gasteiger partial charge in [0, 0.05) is 0 Å². The zero-order valence-electron chi connectivity index (χ0n) is 13.4. The Morgan fingerprint density at radius 3 is 2.04 bits per heavy atom. The van der Waals surface area contributed by atoms with Crippen LogP contribution in [0.25, 0.3) is 0 Å². The van der Waals surface area contributed by atoms with Gasteiger partial charge in [-0.1, -0.05) is 6.92 Å². The first-order valence-corrected chi connectivity index (χ1v) is 7.88. The highest BCUT2D eigenvalue weighted by atomic mass is 16.7. The van der Waals surface area contributed by atoms with Gasteiger partial charge in [0.1, 0.15) is 36.6 Å². The molecule has 0 aromatic carbocycles. The van der Waals surface area contributed by atoms with E-state index in [0.29, 0.717) is 0 Å². The van der Waals surface area contributed by atoms with Crippen LogP contribution in [0.15, 0.2) is 0 Å². The Labute approximate surface area is 139 Å². The van der Waals surface area contributed by atoms with Crippen molar-refractivity contribution in [3.05, 3.63) is 0 Å². The largest absolute Gasteiger partial charge is 0.394 e. The second-order valence-electron chi connectivity index (χ2n) is 5.88. The molecule has 10 heteroatoms. The van der Waals surface area contributed by atoms with Crippen LogP contribution < -0.4 is 0 Å². The Hall–Kier alpha value is -0.400. The summed E-state index contributed by atoms with van der Waals surface area (Å²) >= 11 is 0. The Kier molecular flexibility index (Phi) is 8.95. The molecule has 1 aliphatic heterocycles. The van der Waals surface area contributed by atoms with Crippen molar-refractivity contribution in [3.63, 3.8) is 0 Å². The fourth-order valence-electron chi connectivity index (χ4n) is 2.38. The molecular formula is C14H28O10. The average molecular weight is 356 g/mol. The normalized spacial score (nSPS) is 36.1. The van der Waals surface area contributed by atoms with E-state index in [0.717, 1.165) is 0 Å². The zero-order valence-corrected chi connectivity index (χ0v) is 13.4. The fraction of sp³-hybridized carbons (Fsp3) is 1.00. The minimum absolute atomic E-state index is 0.149. The summed E-state index contributed by atoms with van der Waals surface area (Å²) in [5, 5.41) is 76.6. The maximum atomic E-state index is 9.79. The molecule has 0 radical (unpaired) electrons. The van der Waals surface area contributed by atoms with E-state index >= 15 is 0 Å². The van der Waals surface area contributed by atoms with Gasteiger partial charge in [-0.15, -0.1) is 0 Å². The Bertz CT molecular complexity index is 354. The fourth-order valence-corrected chi connectivity index (χ4v) is 2.38. The molecule has 144 valence electrons. The summed E-state index contributed by atoms with van der Waals surface area (Å²) in [7, 11) is 0. The van der Waals surface area contributed by atoms with Crippen molar-refractivity contribution in [2.45, 2.75) is 74.9 Å². The van der Waals surface area contributed by atoms with E-state index in [1.165, 1.54) is 0 Å². The molecule has 1 saturated heterocycles. The van der Waals surface area contributed by atoms with Crippen LogP contribution in [0.5, 0.6) is 0 Å². The molecule has 0 aromatic rings. The van der Waals surface area contributed by atoms with E-state index in [1.807, 2.05) is 0 Å². The molecule has 0 saturated carbocycles. The summed E-state index contributed by atoms with van der Waals surface area (Å²) in [4.78, 5) is 0. The van der Waals surface area contributed by atoms with Crippen LogP contribution in [0.1, 0.15) is 19.8 Å². The maximum absolute atomic E-state index is 9.79. The molecule has 1 heterocycles. The van der Waals surface area contributed by atoms with Crippen LogP contribution >= 0.6 is 0 Å². The standard InChI is InChI=1S/C14H28O10/c1-2-6(16)9(18)10(19)7(17)3-4-23-14-13(22)12(21)11(20)8(5-15)24-14/h6-22H,2-5H2,1H3. The highest BCUT2D eigenvalue weighted by molar-refractivity contribution is 4.89. The Balaban J connectivity index is 2.45. The minimum atomic E-state index is -1.58. The smallest absolute Gasteiger partial charge is 0.186 e. The van der Waals surface area contributed by atoms with Crippen molar-refractivity contribution < 1.29 is 50.3 Å². The van der Waals surface area contributed by atoms with Crippen LogP contribution in [0.2, 0.25) is 0 Å². The molecule has 0 aliphatic carbocycles. The van der Waals surface area contributed by atoms with E-state index in [2.05, 4.69) is 0 Å². The summed E-state index contributed by atoms with van der Waals surface area (Å²) in [5.74, 6) is 0. The zero-order chi connectivity index (χ0) is 18.4. The molecule has 0 spiro atoms. The van der Waals surface area contributed by atoms with E-state index in [1.54, 1.807) is 6.92 Å². The second kappa shape index (κ2) is 9.92. The first-order chi connectivity index (χ1) is 11.2. The number of rotatable bonds is 9. The van der Waals surface area contributed by atoms with Crippen molar-refractivity contribution in [1.29, 1.82) is 0 Å². The Morgan fingerprint density at radius 2 is 1.50 bits per heavy atom. The number of aliphatic hydroxyl groups is 8. The van der Waals surface area contributed by atoms with Crippen LogP contribution in [-0.2, 0) is 9.47 Å².